The Kier molecular flexibility index (Phi) is 4.32. The highest BCUT2D eigenvalue weighted by atomic mass is 32.1. The Hall–Kier alpha value is -0.610. The molecule has 2 unspecified atom stereocenters. The Labute approximate surface area is 128 Å². The fourth-order valence-electron chi connectivity index (χ4n) is 3.88. The van der Waals surface area contributed by atoms with Gasteiger partial charge in [-0.15, -0.1) is 0 Å². The summed E-state index contributed by atoms with van der Waals surface area (Å²) in [5.41, 5.74) is 1.12. The Morgan fingerprint density at radius 2 is 1.85 bits per heavy atom. The van der Waals surface area contributed by atoms with Crippen molar-refractivity contribution < 1.29 is 0 Å². The zero-order chi connectivity index (χ0) is 14.1. The molecule has 0 spiro atoms. The van der Waals surface area contributed by atoms with Crippen molar-refractivity contribution in [1.29, 1.82) is 0 Å². The van der Waals surface area contributed by atoms with Crippen LogP contribution in [-0.4, -0.2) is 41.7 Å². The maximum Gasteiger partial charge on any atom is 0.166 e. The standard InChI is InChI=1S/C16H27N3S/c1-11(2)8-17-16(20)18-15-12-4-3-5-13(15)10-19(9-12)14-6-7-14/h12-15H,1,3-10H2,2H3,(H2,17,18,20). The second-order valence-corrected chi connectivity index (χ2v) is 7.35. The SMILES string of the molecule is C=C(C)CNC(=S)NC1C2CCCC1CN(C1CC1)C2. The first-order valence-electron chi connectivity index (χ1n) is 8.06. The summed E-state index contributed by atoms with van der Waals surface area (Å²) in [5, 5.41) is 7.70. The molecule has 2 bridgehead atoms. The van der Waals surface area contributed by atoms with Crippen molar-refractivity contribution >= 4 is 17.3 Å². The Morgan fingerprint density at radius 3 is 2.40 bits per heavy atom. The van der Waals surface area contributed by atoms with Gasteiger partial charge in [-0.25, -0.2) is 0 Å². The van der Waals surface area contributed by atoms with E-state index in [9.17, 15) is 0 Å². The molecule has 112 valence electrons. The summed E-state index contributed by atoms with van der Waals surface area (Å²) in [4.78, 5) is 2.75. The quantitative estimate of drug-likeness (QED) is 0.614. The summed E-state index contributed by atoms with van der Waals surface area (Å²) >= 11 is 5.45. The normalized spacial score (nSPS) is 33.5. The number of piperidine rings is 1. The van der Waals surface area contributed by atoms with E-state index < -0.39 is 0 Å². The number of thiocarbonyl (C=S) groups is 1. The lowest BCUT2D eigenvalue weighted by Crippen LogP contribution is -2.59. The molecule has 3 aliphatic rings. The zero-order valence-corrected chi connectivity index (χ0v) is 13.3. The van der Waals surface area contributed by atoms with Crippen molar-refractivity contribution in [3.05, 3.63) is 12.2 Å². The minimum atomic E-state index is 0.587. The van der Waals surface area contributed by atoms with Gasteiger partial charge in [0.15, 0.2) is 5.11 Å². The molecular weight excluding hydrogens is 266 g/mol. The third kappa shape index (κ3) is 3.34. The van der Waals surface area contributed by atoms with Crippen LogP contribution in [0.15, 0.2) is 12.2 Å². The number of hydrogen-bond donors (Lipinski definition) is 2. The molecule has 2 atom stereocenters. The van der Waals surface area contributed by atoms with Crippen LogP contribution in [0.5, 0.6) is 0 Å². The average Bonchev–Trinajstić information content (AvgIpc) is 3.20. The van der Waals surface area contributed by atoms with Crippen molar-refractivity contribution in [2.75, 3.05) is 19.6 Å². The van der Waals surface area contributed by atoms with E-state index >= 15 is 0 Å². The van der Waals surface area contributed by atoms with Gasteiger partial charge >= 0.3 is 0 Å². The third-order valence-corrected chi connectivity index (χ3v) is 5.28. The van der Waals surface area contributed by atoms with Crippen LogP contribution >= 0.6 is 12.2 Å². The predicted octanol–water partition coefficient (Wildman–Crippen LogP) is 2.29. The first-order valence-corrected chi connectivity index (χ1v) is 8.47. The molecule has 0 aromatic rings. The highest BCUT2D eigenvalue weighted by Crippen LogP contribution is 2.39. The van der Waals surface area contributed by atoms with Crippen LogP contribution in [0.2, 0.25) is 0 Å². The van der Waals surface area contributed by atoms with Crippen molar-refractivity contribution in [2.24, 2.45) is 11.8 Å². The van der Waals surface area contributed by atoms with E-state index in [1.54, 1.807) is 0 Å². The van der Waals surface area contributed by atoms with E-state index in [-0.39, 0.29) is 0 Å². The minimum Gasteiger partial charge on any atom is -0.359 e. The highest BCUT2D eigenvalue weighted by molar-refractivity contribution is 7.80. The van der Waals surface area contributed by atoms with Crippen LogP contribution in [0.1, 0.15) is 39.0 Å². The van der Waals surface area contributed by atoms with Gasteiger partial charge in [-0.05, 0) is 56.7 Å². The molecule has 2 N–H and O–H groups in total. The van der Waals surface area contributed by atoms with Crippen molar-refractivity contribution in [1.82, 2.24) is 15.5 Å². The molecule has 0 aromatic heterocycles. The van der Waals surface area contributed by atoms with E-state index in [1.165, 1.54) is 45.2 Å². The summed E-state index contributed by atoms with van der Waals surface area (Å²) in [6.07, 6.45) is 6.98. The fraction of sp³-hybridized carbons (Fsp3) is 0.812. The van der Waals surface area contributed by atoms with Crippen LogP contribution in [0.4, 0.5) is 0 Å². The Balaban J connectivity index is 1.55. The molecule has 3 nitrogen and oxygen atoms in total. The summed E-state index contributed by atoms with van der Waals surface area (Å²) in [6.45, 7) is 9.28. The molecule has 0 amide bonds. The molecule has 3 rings (SSSR count). The zero-order valence-electron chi connectivity index (χ0n) is 12.5. The van der Waals surface area contributed by atoms with Gasteiger partial charge in [-0.2, -0.15) is 0 Å². The number of likely N-dealkylation sites (tertiary alicyclic amines) is 1. The van der Waals surface area contributed by atoms with Crippen LogP contribution in [0.25, 0.3) is 0 Å². The number of nitrogens with zero attached hydrogens (tertiary/aromatic N) is 1. The molecular formula is C16H27N3S. The average molecular weight is 293 g/mol. The molecule has 1 heterocycles. The van der Waals surface area contributed by atoms with Gasteiger partial charge in [0, 0.05) is 31.7 Å². The topological polar surface area (TPSA) is 27.3 Å². The van der Waals surface area contributed by atoms with Crippen LogP contribution in [0.3, 0.4) is 0 Å². The lowest BCUT2D eigenvalue weighted by molar-refractivity contribution is 0.0502. The van der Waals surface area contributed by atoms with E-state index in [1.807, 2.05) is 6.92 Å². The molecule has 1 saturated heterocycles. The van der Waals surface area contributed by atoms with Gasteiger partial charge < -0.3 is 10.6 Å². The molecule has 20 heavy (non-hydrogen) atoms. The van der Waals surface area contributed by atoms with Gasteiger partial charge in [0.25, 0.3) is 0 Å². The lowest BCUT2D eigenvalue weighted by atomic mass is 9.73. The number of hydrogen-bond acceptors (Lipinski definition) is 2. The van der Waals surface area contributed by atoms with Crippen LogP contribution < -0.4 is 10.6 Å². The van der Waals surface area contributed by atoms with Crippen LogP contribution in [0, 0.1) is 11.8 Å². The van der Waals surface area contributed by atoms with Gasteiger partial charge in [0.2, 0.25) is 0 Å². The van der Waals surface area contributed by atoms with E-state index in [0.717, 1.165) is 35.1 Å². The predicted molar refractivity (Wildman–Crippen MR) is 87.8 cm³/mol. The van der Waals surface area contributed by atoms with Gasteiger partial charge in [-0.1, -0.05) is 18.6 Å². The smallest absolute Gasteiger partial charge is 0.166 e. The molecule has 0 aromatic carbocycles. The van der Waals surface area contributed by atoms with Crippen LogP contribution in [-0.2, 0) is 0 Å². The van der Waals surface area contributed by atoms with E-state index in [4.69, 9.17) is 12.2 Å². The first-order chi connectivity index (χ1) is 9.63. The van der Waals surface area contributed by atoms with Crippen molar-refractivity contribution in [2.45, 2.75) is 51.1 Å². The van der Waals surface area contributed by atoms with Gasteiger partial charge in [0.1, 0.15) is 0 Å². The molecule has 2 aliphatic carbocycles. The summed E-state index contributed by atoms with van der Waals surface area (Å²) < 4.78 is 0. The van der Waals surface area contributed by atoms with Crippen molar-refractivity contribution in [3.8, 4) is 0 Å². The lowest BCUT2D eigenvalue weighted by Gasteiger charge is -2.48. The number of fused-ring (bicyclic) bond motifs is 2. The first kappa shape index (κ1) is 14.3. The summed E-state index contributed by atoms with van der Waals surface area (Å²) in [6, 6.07) is 1.50. The van der Waals surface area contributed by atoms with E-state index in [2.05, 4.69) is 22.1 Å². The maximum atomic E-state index is 5.45. The van der Waals surface area contributed by atoms with Gasteiger partial charge in [-0.3, -0.25) is 4.90 Å². The number of nitrogens with one attached hydrogen (secondary N) is 2. The monoisotopic (exact) mass is 293 g/mol. The van der Waals surface area contributed by atoms with E-state index in [0.29, 0.717) is 6.04 Å². The molecule has 4 heteroatoms. The molecule has 2 saturated carbocycles. The second-order valence-electron chi connectivity index (χ2n) is 6.95. The molecule has 3 fully saturated rings. The number of rotatable bonds is 4. The Morgan fingerprint density at radius 1 is 1.20 bits per heavy atom. The fourth-order valence-corrected chi connectivity index (χ4v) is 4.09. The Bertz CT molecular complexity index is 377. The minimum absolute atomic E-state index is 0.587. The molecule has 0 radical (unpaired) electrons. The third-order valence-electron chi connectivity index (χ3n) is 5.02. The van der Waals surface area contributed by atoms with Crippen molar-refractivity contribution in [3.63, 3.8) is 0 Å². The maximum absolute atomic E-state index is 5.45. The largest absolute Gasteiger partial charge is 0.359 e. The second kappa shape index (κ2) is 6.02. The highest BCUT2D eigenvalue weighted by Gasteiger charge is 2.43. The molecule has 1 aliphatic heterocycles. The summed E-state index contributed by atoms with van der Waals surface area (Å²) in [5.74, 6) is 1.57. The van der Waals surface area contributed by atoms with Gasteiger partial charge in [0.05, 0.1) is 0 Å². The summed E-state index contributed by atoms with van der Waals surface area (Å²) in [7, 11) is 0.